The number of amides is 1. The molecule has 4 nitrogen and oxygen atoms in total. The van der Waals surface area contributed by atoms with Crippen molar-refractivity contribution in [3.05, 3.63) is 35.9 Å². The van der Waals surface area contributed by atoms with Crippen LogP contribution in [0.5, 0.6) is 0 Å². The Labute approximate surface area is 110 Å². The van der Waals surface area contributed by atoms with Gasteiger partial charge in [-0.3, -0.25) is 4.79 Å². The van der Waals surface area contributed by atoms with Crippen LogP contribution in [0.1, 0.15) is 18.0 Å². The van der Waals surface area contributed by atoms with Crippen LogP contribution in [-0.4, -0.2) is 28.5 Å². The predicted octanol–water partition coefficient (Wildman–Crippen LogP) is 1.68. The van der Waals surface area contributed by atoms with Crippen molar-refractivity contribution >= 4 is 23.6 Å². The Hall–Kier alpha value is -1.49. The number of carboxylic acids is 1. The zero-order valence-corrected chi connectivity index (χ0v) is 10.7. The molecule has 5 heteroatoms. The maximum Gasteiger partial charge on any atom is 0.330 e. The summed E-state index contributed by atoms with van der Waals surface area (Å²) in [6.45, 7) is 0. The standard InChI is InChI=1S/C13H15NO3S/c15-12(10-6-7-18-8-10)14-11(13(16)17)9-4-2-1-3-5-9/h1-5,10-11H,6-8H2,(H,14,15)(H,16,17). The first-order valence-corrected chi connectivity index (χ1v) is 7.00. The molecule has 0 aliphatic carbocycles. The largest absolute Gasteiger partial charge is 0.479 e. The topological polar surface area (TPSA) is 66.4 Å². The van der Waals surface area contributed by atoms with E-state index in [0.29, 0.717) is 5.56 Å². The molecule has 0 bridgehead atoms. The highest BCUT2D eigenvalue weighted by atomic mass is 32.2. The molecule has 1 aromatic carbocycles. The van der Waals surface area contributed by atoms with Crippen LogP contribution in [0, 0.1) is 5.92 Å². The first-order valence-electron chi connectivity index (χ1n) is 5.84. The molecule has 0 aromatic heterocycles. The quantitative estimate of drug-likeness (QED) is 0.869. The molecule has 1 aliphatic rings. The van der Waals surface area contributed by atoms with E-state index in [0.717, 1.165) is 17.9 Å². The van der Waals surface area contributed by atoms with Crippen LogP contribution >= 0.6 is 11.8 Å². The SMILES string of the molecule is O=C(NC(C(=O)O)c1ccccc1)C1CCSC1. The molecule has 96 valence electrons. The summed E-state index contributed by atoms with van der Waals surface area (Å²) in [5.74, 6) is 0.519. The van der Waals surface area contributed by atoms with Gasteiger partial charge >= 0.3 is 5.97 Å². The molecule has 2 atom stereocenters. The van der Waals surface area contributed by atoms with E-state index in [1.807, 2.05) is 6.07 Å². The van der Waals surface area contributed by atoms with Crippen molar-refractivity contribution in [2.24, 2.45) is 5.92 Å². The van der Waals surface area contributed by atoms with Crippen molar-refractivity contribution in [2.45, 2.75) is 12.5 Å². The lowest BCUT2D eigenvalue weighted by Crippen LogP contribution is -2.37. The number of aliphatic carboxylic acids is 1. The van der Waals surface area contributed by atoms with Crippen molar-refractivity contribution in [3.63, 3.8) is 0 Å². The minimum Gasteiger partial charge on any atom is -0.479 e. The number of benzene rings is 1. The zero-order chi connectivity index (χ0) is 13.0. The number of rotatable bonds is 4. The Kier molecular flexibility index (Phi) is 4.25. The molecule has 0 radical (unpaired) electrons. The first kappa shape index (κ1) is 13.0. The maximum atomic E-state index is 11.9. The van der Waals surface area contributed by atoms with Crippen LogP contribution in [0.4, 0.5) is 0 Å². The molecular formula is C13H15NO3S. The Morgan fingerprint density at radius 1 is 1.33 bits per heavy atom. The molecule has 18 heavy (non-hydrogen) atoms. The molecule has 0 spiro atoms. The lowest BCUT2D eigenvalue weighted by molar-refractivity contribution is -0.142. The van der Waals surface area contributed by atoms with Crippen LogP contribution in [0.3, 0.4) is 0 Å². The van der Waals surface area contributed by atoms with E-state index in [9.17, 15) is 14.7 Å². The van der Waals surface area contributed by atoms with Crippen LogP contribution in [-0.2, 0) is 9.59 Å². The summed E-state index contributed by atoms with van der Waals surface area (Å²) in [6, 6.07) is 7.82. The summed E-state index contributed by atoms with van der Waals surface area (Å²) in [5, 5.41) is 11.8. The smallest absolute Gasteiger partial charge is 0.330 e. The Bertz CT molecular complexity index is 429. The number of nitrogens with one attached hydrogen (secondary N) is 1. The first-order chi connectivity index (χ1) is 8.68. The zero-order valence-electron chi connectivity index (χ0n) is 9.83. The third-order valence-corrected chi connectivity index (χ3v) is 4.13. The van der Waals surface area contributed by atoms with Gasteiger partial charge in [-0.15, -0.1) is 0 Å². The fourth-order valence-electron chi connectivity index (χ4n) is 1.93. The highest BCUT2D eigenvalue weighted by Crippen LogP contribution is 2.24. The van der Waals surface area contributed by atoms with E-state index < -0.39 is 12.0 Å². The van der Waals surface area contributed by atoms with Crippen LogP contribution < -0.4 is 5.32 Å². The number of hydrogen-bond donors (Lipinski definition) is 2. The van der Waals surface area contributed by atoms with Crippen LogP contribution in [0.15, 0.2) is 30.3 Å². The van der Waals surface area contributed by atoms with Crippen molar-refractivity contribution in [1.29, 1.82) is 0 Å². The van der Waals surface area contributed by atoms with Gasteiger partial charge < -0.3 is 10.4 Å². The Morgan fingerprint density at radius 2 is 2.06 bits per heavy atom. The fraction of sp³-hybridized carbons (Fsp3) is 0.385. The highest BCUT2D eigenvalue weighted by molar-refractivity contribution is 7.99. The van der Waals surface area contributed by atoms with Crippen molar-refractivity contribution in [1.82, 2.24) is 5.32 Å². The van der Waals surface area contributed by atoms with Gasteiger partial charge in [-0.25, -0.2) is 4.79 Å². The lowest BCUT2D eigenvalue weighted by Gasteiger charge is -2.17. The van der Waals surface area contributed by atoms with Gasteiger partial charge in [0, 0.05) is 11.7 Å². The van der Waals surface area contributed by atoms with Gasteiger partial charge in [0.25, 0.3) is 0 Å². The van der Waals surface area contributed by atoms with Crippen molar-refractivity contribution in [3.8, 4) is 0 Å². The van der Waals surface area contributed by atoms with Gasteiger partial charge in [-0.05, 0) is 17.7 Å². The molecule has 2 rings (SSSR count). The fourth-order valence-corrected chi connectivity index (χ4v) is 3.15. The number of hydrogen-bond acceptors (Lipinski definition) is 3. The van der Waals surface area contributed by atoms with E-state index >= 15 is 0 Å². The second-order valence-corrected chi connectivity index (χ2v) is 5.40. The van der Waals surface area contributed by atoms with E-state index in [-0.39, 0.29) is 11.8 Å². The van der Waals surface area contributed by atoms with Gasteiger partial charge in [0.05, 0.1) is 0 Å². The predicted molar refractivity (Wildman–Crippen MR) is 70.4 cm³/mol. The van der Waals surface area contributed by atoms with E-state index in [4.69, 9.17) is 0 Å². The lowest BCUT2D eigenvalue weighted by atomic mass is 10.0. The molecular weight excluding hydrogens is 250 g/mol. The number of carbonyl (C=O) groups is 2. The monoisotopic (exact) mass is 265 g/mol. The number of carbonyl (C=O) groups excluding carboxylic acids is 1. The second-order valence-electron chi connectivity index (χ2n) is 4.25. The number of thioether (sulfide) groups is 1. The normalized spacial score (nSPS) is 20.3. The Morgan fingerprint density at radius 3 is 2.61 bits per heavy atom. The van der Waals surface area contributed by atoms with Crippen molar-refractivity contribution in [2.75, 3.05) is 11.5 Å². The second kappa shape index (κ2) is 5.91. The average molecular weight is 265 g/mol. The number of carboxylic acid groups (broad SMARTS) is 1. The maximum absolute atomic E-state index is 11.9. The minimum atomic E-state index is -1.03. The average Bonchev–Trinajstić information content (AvgIpc) is 2.90. The molecule has 1 aromatic rings. The summed E-state index contributed by atoms with van der Waals surface area (Å²) in [4.78, 5) is 23.2. The summed E-state index contributed by atoms with van der Waals surface area (Å²) in [7, 11) is 0. The third-order valence-electron chi connectivity index (χ3n) is 2.97. The summed E-state index contributed by atoms with van der Waals surface area (Å²) in [6.07, 6.45) is 0.831. The molecule has 1 fully saturated rings. The molecule has 2 unspecified atom stereocenters. The van der Waals surface area contributed by atoms with Crippen LogP contribution in [0.25, 0.3) is 0 Å². The van der Waals surface area contributed by atoms with E-state index in [1.54, 1.807) is 36.0 Å². The molecule has 1 heterocycles. The third kappa shape index (κ3) is 3.04. The van der Waals surface area contributed by atoms with E-state index in [1.165, 1.54) is 0 Å². The van der Waals surface area contributed by atoms with Crippen molar-refractivity contribution < 1.29 is 14.7 Å². The molecule has 1 aliphatic heterocycles. The van der Waals surface area contributed by atoms with Gasteiger partial charge in [0.15, 0.2) is 6.04 Å². The van der Waals surface area contributed by atoms with Gasteiger partial charge in [-0.1, -0.05) is 30.3 Å². The summed E-state index contributed by atoms with van der Waals surface area (Å²) in [5.41, 5.74) is 0.601. The molecule has 1 amide bonds. The summed E-state index contributed by atoms with van der Waals surface area (Å²) < 4.78 is 0. The summed E-state index contributed by atoms with van der Waals surface area (Å²) >= 11 is 1.73. The highest BCUT2D eigenvalue weighted by Gasteiger charge is 2.28. The van der Waals surface area contributed by atoms with Gasteiger partial charge in [0.1, 0.15) is 0 Å². The van der Waals surface area contributed by atoms with Crippen LogP contribution in [0.2, 0.25) is 0 Å². The molecule has 1 saturated heterocycles. The molecule has 2 N–H and O–H groups in total. The van der Waals surface area contributed by atoms with Gasteiger partial charge in [-0.2, -0.15) is 11.8 Å². The van der Waals surface area contributed by atoms with E-state index in [2.05, 4.69) is 5.32 Å². The Balaban J connectivity index is 2.07. The minimum absolute atomic E-state index is 0.0550. The van der Waals surface area contributed by atoms with Gasteiger partial charge in [0.2, 0.25) is 5.91 Å². The molecule has 0 saturated carbocycles.